The van der Waals surface area contributed by atoms with Gasteiger partial charge in [-0.2, -0.15) is 0 Å². The quantitative estimate of drug-likeness (QED) is 0.902. The van der Waals surface area contributed by atoms with Crippen LogP contribution in [-0.2, 0) is 4.79 Å². The number of anilines is 1. The number of piperazine rings is 1. The number of pyridine rings is 1. The van der Waals surface area contributed by atoms with Gasteiger partial charge in [-0.15, -0.1) is 0 Å². The third kappa shape index (κ3) is 3.07. The fraction of sp³-hybridized carbons (Fsp3) is 0.667. The molecule has 124 valence electrons. The molecule has 1 aromatic rings. The predicted molar refractivity (Wildman–Crippen MR) is 90.3 cm³/mol. The number of carbonyl (C=O) groups is 1. The standard InChI is InChI=1S/C18H26N4O/c23-18(16-13-14-5-1-2-6-15(14)20-16)22-11-9-21(10-12-22)17-7-3-4-8-19-17/h3-4,7-8,14-16,20H,1-2,5-6,9-13H2. The smallest absolute Gasteiger partial charge is 0.239 e. The van der Waals surface area contributed by atoms with Crippen molar-refractivity contribution in [2.75, 3.05) is 31.1 Å². The summed E-state index contributed by atoms with van der Waals surface area (Å²) in [6.07, 6.45) is 8.09. The summed E-state index contributed by atoms with van der Waals surface area (Å²) in [5.41, 5.74) is 0. The lowest BCUT2D eigenvalue weighted by Gasteiger charge is -2.36. The van der Waals surface area contributed by atoms with Gasteiger partial charge >= 0.3 is 0 Å². The SMILES string of the molecule is O=C(C1CC2CCCCC2N1)N1CCN(c2ccccn2)CC1. The second-order valence-electron chi connectivity index (χ2n) is 7.11. The van der Waals surface area contributed by atoms with Gasteiger partial charge in [0.1, 0.15) is 5.82 Å². The van der Waals surface area contributed by atoms with Crippen LogP contribution >= 0.6 is 0 Å². The predicted octanol–water partition coefficient (Wildman–Crippen LogP) is 1.65. The Bertz CT molecular complexity index is 527. The van der Waals surface area contributed by atoms with E-state index in [2.05, 4.69) is 20.1 Å². The van der Waals surface area contributed by atoms with Crippen LogP contribution in [0.2, 0.25) is 0 Å². The zero-order chi connectivity index (χ0) is 15.6. The molecule has 23 heavy (non-hydrogen) atoms. The lowest BCUT2D eigenvalue weighted by Crippen LogP contribution is -2.53. The van der Waals surface area contributed by atoms with Gasteiger partial charge in [-0.3, -0.25) is 4.79 Å². The van der Waals surface area contributed by atoms with Gasteiger partial charge in [0.15, 0.2) is 0 Å². The number of nitrogens with one attached hydrogen (secondary N) is 1. The average Bonchev–Trinajstić information content (AvgIpc) is 3.06. The van der Waals surface area contributed by atoms with Crippen molar-refractivity contribution in [3.8, 4) is 0 Å². The molecule has 5 nitrogen and oxygen atoms in total. The van der Waals surface area contributed by atoms with Crippen LogP contribution in [-0.4, -0.2) is 54.1 Å². The zero-order valence-electron chi connectivity index (χ0n) is 13.7. The molecule has 1 amide bonds. The lowest BCUT2D eigenvalue weighted by molar-refractivity contribution is -0.133. The molecule has 3 unspecified atom stereocenters. The normalized spacial score (nSPS) is 31.0. The second kappa shape index (κ2) is 6.48. The number of hydrogen-bond acceptors (Lipinski definition) is 4. The van der Waals surface area contributed by atoms with Crippen molar-refractivity contribution in [3.63, 3.8) is 0 Å². The molecule has 3 heterocycles. The molecule has 4 rings (SSSR count). The second-order valence-corrected chi connectivity index (χ2v) is 7.11. The van der Waals surface area contributed by atoms with E-state index >= 15 is 0 Å². The molecule has 2 saturated heterocycles. The molecule has 1 aromatic heterocycles. The Morgan fingerprint density at radius 3 is 2.70 bits per heavy atom. The summed E-state index contributed by atoms with van der Waals surface area (Å²) in [6, 6.07) is 6.65. The van der Waals surface area contributed by atoms with E-state index in [9.17, 15) is 4.79 Å². The Balaban J connectivity index is 1.33. The molecule has 3 atom stereocenters. The van der Waals surface area contributed by atoms with E-state index < -0.39 is 0 Å². The molecule has 1 N–H and O–H groups in total. The highest BCUT2D eigenvalue weighted by atomic mass is 16.2. The van der Waals surface area contributed by atoms with Crippen LogP contribution < -0.4 is 10.2 Å². The summed E-state index contributed by atoms with van der Waals surface area (Å²) >= 11 is 0. The van der Waals surface area contributed by atoms with Crippen molar-refractivity contribution in [2.24, 2.45) is 5.92 Å². The van der Waals surface area contributed by atoms with Crippen LogP contribution in [0.1, 0.15) is 32.1 Å². The van der Waals surface area contributed by atoms with Gasteiger partial charge in [0, 0.05) is 38.4 Å². The first-order valence-electron chi connectivity index (χ1n) is 9.02. The number of aromatic nitrogens is 1. The van der Waals surface area contributed by atoms with Gasteiger partial charge in [-0.05, 0) is 37.3 Å². The summed E-state index contributed by atoms with van der Waals surface area (Å²) in [5.74, 6) is 2.07. The maximum atomic E-state index is 12.8. The summed E-state index contributed by atoms with van der Waals surface area (Å²) < 4.78 is 0. The molecule has 1 saturated carbocycles. The number of amides is 1. The first-order chi connectivity index (χ1) is 11.3. The van der Waals surface area contributed by atoms with Gasteiger partial charge in [-0.1, -0.05) is 18.9 Å². The summed E-state index contributed by atoms with van der Waals surface area (Å²) in [6.45, 7) is 3.37. The molecule has 5 heteroatoms. The van der Waals surface area contributed by atoms with Crippen LogP contribution in [0.5, 0.6) is 0 Å². The van der Waals surface area contributed by atoms with Crippen LogP contribution in [0.25, 0.3) is 0 Å². The Kier molecular flexibility index (Phi) is 4.21. The Hall–Kier alpha value is -1.62. The Morgan fingerprint density at radius 1 is 1.13 bits per heavy atom. The van der Waals surface area contributed by atoms with Crippen LogP contribution in [0.3, 0.4) is 0 Å². The minimum Gasteiger partial charge on any atom is -0.353 e. The van der Waals surface area contributed by atoms with E-state index in [0.717, 1.165) is 44.3 Å². The molecule has 2 aliphatic heterocycles. The van der Waals surface area contributed by atoms with Crippen LogP contribution in [0, 0.1) is 5.92 Å². The highest BCUT2D eigenvalue weighted by molar-refractivity contribution is 5.82. The fourth-order valence-corrected chi connectivity index (χ4v) is 4.43. The van der Waals surface area contributed by atoms with Gasteiger partial charge < -0.3 is 15.1 Å². The van der Waals surface area contributed by atoms with Gasteiger partial charge in [0.2, 0.25) is 5.91 Å². The van der Waals surface area contributed by atoms with E-state index in [-0.39, 0.29) is 6.04 Å². The molecule has 0 bridgehead atoms. The average molecular weight is 314 g/mol. The Morgan fingerprint density at radius 2 is 1.96 bits per heavy atom. The summed E-state index contributed by atoms with van der Waals surface area (Å²) in [5, 5.41) is 3.62. The minimum absolute atomic E-state index is 0.0597. The van der Waals surface area contributed by atoms with E-state index in [1.807, 2.05) is 24.4 Å². The topological polar surface area (TPSA) is 48.5 Å². The van der Waals surface area contributed by atoms with E-state index in [1.165, 1.54) is 25.7 Å². The van der Waals surface area contributed by atoms with Crippen LogP contribution in [0.15, 0.2) is 24.4 Å². The number of hydrogen-bond donors (Lipinski definition) is 1. The third-order valence-electron chi connectivity index (χ3n) is 5.73. The largest absolute Gasteiger partial charge is 0.353 e. The van der Waals surface area contributed by atoms with Gasteiger partial charge in [0.05, 0.1) is 6.04 Å². The molecular formula is C18H26N4O. The van der Waals surface area contributed by atoms with Gasteiger partial charge in [0.25, 0.3) is 0 Å². The van der Waals surface area contributed by atoms with Crippen molar-refractivity contribution < 1.29 is 4.79 Å². The molecule has 1 aliphatic carbocycles. The lowest BCUT2D eigenvalue weighted by atomic mass is 9.85. The Labute approximate surface area is 138 Å². The van der Waals surface area contributed by atoms with Crippen molar-refractivity contribution in [1.82, 2.24) is 15.2 Å². The van der Waals surface area contributed by atoms with E-state index in [0.29, 0.717) is 11.9 Å². The molecule has 0 radical (unpaired) electrons. The third-order valence-corrected chi connectivity index (χ3v) is 5.73. The minimum atomic E-state index is 0.0597. The van der Waals surface area contributed by atoms with Crippen molar-refractivity contribution >= 4 is 11.7 Å². The van der Waals surface area contributed by atoms with E-state index in [1.54, 1.807) is 0 Å². The monoisotopic (exact) mass is 314 g/mol. The number of fused-ring (bicyclic) bond motifs is 1. The summed E-state index contributed by atoms with van der Waals surface area (Å²) in [4.78, 5) is 21.5. The first-order valence-corrected chi connectivity index (χ1v) is 9.02. The number of carbonyl (C=O) groups excluding carboxylic acids is 1. The van der Waals surface area contributed by atoms with Crippen molar-refractivity contribution in [3.05, 3.63) is 24.4 Å². The maximum absolute atomic E-state index is 12.8. The van der Waals surface area contributed by atoms with Crippen molar-refractivity contribution in [2.45, 2.75) is 44.2 Å². The maximum Gasteiger partial charge on any atom is 0.239 e. The molecule has 0 spiro atoms. The van der Waals surface area contributed by atoms with Crippen LogP contribution in [0.4, 0.5) is 5.82 Å². The van der Waals surface area contributed by atoms with Crippen molar-refractivity contribution in [1.29, 1.82) is 0 Å². The number of rotatable bonds is 2. The number of nitrogens with zero attached hydrogens (tertiary/aromatic N) is 3. The summed E-state index contributed by atoms with van der Waals surface area (Å²) in [7, 11) is 0. The molecule has 0 aromatic carbocycles. The highest BCUT2D eigenvalue weighted by Crippen LogP contribution is 2.33. The van der Waals surface area contributed by atoms with E-state index in [4.69, 9.17) is 0 Å². The zero-order valence-corrected chi connectivity index (χ0v) is 13.7. The fourth-order valence-electron chi connectivity index (χ4n) is 4.43. The molecular weight excluding hydrogens is 288 g/mol. The first kappa shape index (κ1) is 14.9. The van der Waals surface area contributed by atoms with Gasteiger partial charge in [-0.25, -0.2) is 4.98 Å². The molecule has 3 fully saturated rings. The highest BCUT2D eigenvalue weighted by Gasteiger charge is 2.40. The molecule has 3 aliphatic rings.